The molecule has 1 aromatic carbocycles. The van der Waals surface area contributed by atoms with Crippen molar-refractivity contribution in [1.29, 1.82) is 0 Å². The zero-order chi connectivity index (χ0) is 17.2. The van der Waals surface area contributed by atoms with Gasteiger partial charge < -0.3 is 10.2 Å². The largest absolute Gasteiger partial charge is 0.349 e. The van der Waals surface area contributed by atoms with Crippen molar-refractivity contribution in [2.24, 2.45) is 0 Å². The van der Waals surface area contributed by atoms with Gasteiger partial charge in [0.2, 0.25) is 0 Å². The lowest BCUT2D eigenvalue weighted by molar-refractivity contribution is 0.0914. The van der Waals surface area contributed by atoms with Crippen molar-refractivity contribution in [2.75, 3.05) is 20.6 Å². The number of aryl methyl sites for hydroxylation is 1. The summed E-state index contributed by atoms with van der Waals surface area (Å²) in [5.41, 5.74) is 1.14. The van der Waals surface area contributed by atoms with E-state index in [1.54, 1.807) is 31.2 Å². The maximum atomic E-state index is 13.9. The topological polar surface area (TPSA) is 50.2 Å². The summed E-state index contributed by atoms with van der Waals surface area (Å²) in [4.78, 5) is 14.3. The van der Waals surface area contributed by atoms with Crippen molar-refractivity contribution < 1.29 is 9.18 Å². The van der Waals surface area contributed by atoms with E-state index in [2.05, 4.69) is 10.4 Å². The van der Waals surface area contributed by atoms with Crippen molar-refractivity contribution in [2.45, 2.75) is 26.3 Å². The van der Waals surface area contributed by atoms with Crippen LogP contribution < -0.4 is 5.32 Å². The molecule has 0 aliphatic rings. The van der Waals surface area contributed by atoms with Gasteiger partial charge >= 0.3 is 0 Å². The molecule has 6 heteroatoms. The predicted molar refractivity (Wildman–Crippen MR) is 88.4 cm³/mol. The van der Waals surface area contributed by atoms with Crippen LogP contribution in [0.4, 0.5) is 4.39 Å². The van der Waals surface area contributed by atoms with Gasteiger partial charge in [-0.3, -0.25) is 4.79 Å². The molecule has 0 saturated heterocycles. The lowest BCUT2D eigenvalue weighted by Crippen LogP contribution is -2.48. The highest BCUT2D eigenvalue weighted by atomic mass is 19.1. The monoisotopic (exact) mass is 318 g/mol. The summed E-state index contributed by atoms with van der Waals surface area (Å²) in [5.74, 6) is -0.641. The number of hydrogen-bond acceptors (Lipinski definition) is 3. The molecule has 0 unspecified atom stereocenters. The number of hydrogen-bond donors (Lipinski definition) is 1. The summed E-state index contributed by atoms with van der Waals surface area (Å²) in [7, 11) is 3.92. The van der Waals surface area contributed by atoms with Crippen LogP contribution in [0.5, 0.6) is 0 Å². The zero-order valence-electron chi connectivity index (χ0n) is 14.2. The van der Waals surface area contributed by atoms with Crippen LogP contribution in [0.15, 0.2) is 30.3 Å². The van der Waals surface area contributed by atoms with Gasteiger partial charge in [0.15, 0.2) is 5.69 Å². The van der Waals surface area contributed by atoms with Crippen LogP contribution >= 0.6 is 0 Å². The molecule has 0 spiro atoms. The molecule has 0 aliphatic carbocycles. The zero-order valence-corrected chi connectivity index (χ0v) is 14.2. The van der Waals surface area contributed by atoms with E-state index in [1.807, 2.05) is 32.8 Å². The van der Waals surface area contributed by atoms with Crippen LogP contribution in [0.3, 0.4) is 0 Å². The van der Waals surface area contributed by atoms with Crippen molar-refractivity contribution >= 4 is 5.91 Å². The van der Waals surface area contributed by atoms with E-state index in [9.17, 15) is 9.18 Å². The van der Waals surface area contributed by atoms with E-state index >= 15 is 0 Å². The Kier molecular flexibility index (Phi) is 4.85. The van der Waals surface area contributed by atoms with Crippen molar-refractivity contribution in [3.63, 3.8) is 0 Å². The average molecular weight is 318 g/mol. The minimum atomic E-state index is -0.376. The molecule has 0 bridgehead atoms. The first-order chi connectivity index (χ1) is 10.7. The SMILES string of the molecule is Cc1cc(C(=O)NCC(C)(C)N(C)C)nn1-c1ccccc1F. The Morgan fingerprint density at radius 3 is 2.61 bits per heavy atom. The number of amides is 1. The molecule has 0 atom stereocenters. The molecule has 0 aliphatic heterocycles. The molecule has 0 saturated carbocycles. The molecule has 23 heavy (non-hydrogen) atoms. The van der Waals surface area contributed by atoms with Gasteiger partial charge in [0.25, 0.3) is 5.91 Å². The maximum Gasteiger partial charge on any atom is 0.271 e. The number of halogens is 1. The second-order valence-corrected chi connectivity index (χ2v) is 6.42. The molecule has 2 aromatic rings. The Bertz CT molecular complexity index is 706. The van der Waals surface area contributed by atoms with Crippen molar-refractivity contribution in [1.82, 2.24) is 20.0 Å². The highest BCUT2D eigenvalue weighted by Gasteiger charge is 2.22. The third-order valence-electron chi connectivity index (χ3n) is 4.09. The van der Waals surface area contributed by atoms with Gasteiger partial charge in [0.1, 0.15) is 11.5 Å². The number of likely N-dealkylation sites (N-methyl/N-ethyl adjacent to an activating group) is 1. The Morgan fingerprint density at radius 2 is 2.00 bits per heavy atom. The number of rotatable bonds is 5. The molecule has 0 fully saturated rings. The van der Waals surface area contributed by atoms with Gasteiger partial charge in [-0.2, -0.15) is 5.10 Å². The van der Waals surface area contributed by atoms with Crippen LogP contribution in [0, 0.1) is 12.7 Å². The number of benzene rings is 1. The predicted octanol–water partition coefficient (Wildman–Crippen LogP) is 2.39. The number of nitrogens with one attached hydrogen (secondary N) is 1. The lowest BCUT2D eigenvalue weighted by atomic mass is 10.0. The smallest absolute Gasteiger partial charge is 0.271 e. The first-order valence-electron chi connectivity index (χ1n) is 7.49. The first-order valence-corrected chi connectivity index (χ1v) is 7.49. The number of carbonyl (C=O) groups is 1. The quantitative estimate of drug-likeness (QED) is 0.921. The van der Waals surface area contributed by atoms with E-state index in [1.165, 1.54) is 10.7 Å². The normalized spacial score (nSPS) is 11.8. The number of para-hydroxylation sites is 1. The summed E-state index contributed by atoms with van der Waals surface area (Å²) < 4.78 is 15.3. The minimum absolute atomic E-state index is 0.168. The van der Waals surface area contributed by atoms with E-state index in [-0.39, 0.29) is 23.0 Å². The van der Waals surface area contributed by atoms with E-state index in [4.69, 9.17) is 0 Å². The summed E-state index contributed by atoms with van der Waals surface area (Å²) in [5, 5.41) is 7.11. The molecular weight excluding hydrogens is 295 g/mol. The van der Waals surface area contributed by atoms with Crippen LogP contribution in [-0.2, 0) is 0 Å². The molecule has 1 aromatic heterocycles. The second kappa shape index (κ2) is 6.50. The summed E-state index contributed by atoms with van der Waals surface area (Å²) >= 11 is 0. The molecular formula is C17H23FN4O. The highest BCUT2D eigenvalue weighted by Crippen LogP contribution is 2.16. The molecule has 1 heterocycles. The molecule has 1 amide bonds. The minimum Gasteiger partial charge on any atom is -0.349 e. The molecule has 0 radical (unpaired) electrons. The molecule has 2 rings (SSSR count). The van der Waals surface area contributed by atoms with Gasteiger partial charge in [-0.15, -0.1) is 0 Å². The van der Waals surface area contributed by atoms with Gasteiger partial charge in [-0.25, -0.2) is 9.07 Å². The fraction of sp³-hybridized carbons (Fsp3) is 0.412. The van der Waals surface area contributed by atoms with Gasteiger partial charge in [0.05, 0.1) is 0 Å². The van der Waals surface area contributed by atoms with Crippen molar-refractivity contribution in [3.05, 3.63) is 47.5 Å². The number of nitrogens with zero attached hydrogens (tertiary/aromatic N) is 3. The number of carbonyl (C=O) groups excluding carboxylic acids is 1. The Hall–Kier alpha value is -2.21. The third-order valence-corrected chi connectivity index (χ3v) is 4.09. The third kappa shape index (κ3) is 3.76. The van der Waals surface area contributed by atoms with Crippen LogP contribution in [-0.4, -0.2) is 46.8 Å². The van der Waals surface area contributed by atoms with E-state index < -0.39 is 0 Å². The van der Waals surface area contributed by atoms with Crippen LogP contribution in [0.2, 0.25) is 0 Å². The summed E-state index contributed by atoms with van der Waals surface area (Å²) in [6, 6.07) is 8.01. The summed E-state index contributed by atoms with van der Waals surface area (Å²) in [6.07, 6.45) is 0. The summed E-state index contributed by atoms with van der Waals surface area (Å²) in [6.45, 7) is 6.36. The molecule has 5 nitrogen and oxygen atoms in total. The first kappa shape index (κ1) is 17.1. The second-order valence-electron chi connectivity index (χ2n) is 6.42. The lowest BCUT2D eigenvalue weighted by Gasteiger charge is -2.32. The van der Waals surface area contributed by atoms with Gasteiger partial charge in [0, 0.05) is 17.8 Å². The molecule has 1 N–H and O–H groups in total. The van der Waals surface area contributed by atoms with E-state index in [0.717, 1.165) is 0 Å². The number of aromatic nitrogens is 2. The maximum absolute atomic E-state index is 13.9. The highest BCUT2D eigenvalue weighted by molar-refractivity contribution is 5.92. The fourth-order valence-corrected chi connectivity index (χ4v) is 2.00. The van der Waals surface area contributed by atoms with Crippen molar-refractivity contribution in [3.8, 4) is 5.69 Å². The fourth-order valence-electron chi connectivity index (χ4n) is 2.00. The molecule has 124 valence electrons. The van der Waals surface area contributed by atoms with E-state index in [0.29, 0.717) is 17.9 Å². The van der Waals surface area contributed by atoms with Crippen LogP contribution in [0.1, 0.15) is 30.0 Å². The Labute approximate surface area is 136 Å². The standard InChI is InChI=1S/C17H23FN4O/c1-12-10-14(16(23)19-11-17(2,3)21(4)5)20-22(12)15-9-7-6-8-13(15)18/h6-10H,11H2,1-5H3,(H,19,23). The van der Waals surface area contributed by atoms with Gasteiger partial charge in [-0.1, -0.05) is 12.1 Å². The average Bonchev–Trinajstić information content (AvgIpc) is 2.87. The van der Waals surface area contributed by atoms with Crippen LogP contribution in [0.25, 0.3) is 5.69 Å². The Morgan fingerprint density at radius 1 is 1.35 bits per heavy atom. The Balaban J connectivity index is 2.18. The van der Waals surface area contributed by atoms with Gasteiger partial charge in [-0.05, 0) is 53.1 Å².